The summed E-state index contributed by atoms with van der Waals surface area (Å²) in [6.07, 6.45) is 2.97. The van der Waals surface area contributed by atoms with E-state index in [4.69, 9.17) is 15.0 Å². The highest BCUT2D eigenvalue weighted by Gasteiger charge is 2.27. The van der Waals surface area contributed by atoms with Gasteiger partial charge in [0.15, 0.2) is 6.61 Å². The molecule has 4 rings (SSSR count). The fourth-order valence-corrected chi connectivity index (χ4v) is 3.14. The third-order valence-electron chi connectivity index (χ3n) is 4.40. The van der Waals surface area contributed by atoms with E-state index >= 15 is 0 Å². The van der Waals surface area contributed by atoms with Crippen LogP contribution >= 0.6 is 0 Å². The summed E-state index contributed by atoms with van der Waals surface area (Å²) in [4.78, 5) is 4.45. The van der Waals surface area contributed by atoms with E-state index in [0.29, 0.717) is 24.2 Å². The van der Waals surface area contributed by atoms with Crippen molar-refractivity contribution in [3.05, 3.63) is 54.2 Å². The Labute approximate surface area is 134 Å². The first kappa shape index (κ1) is 14.2. The molecular formula is C18H19N3O2. The van der Waals surface area contributed by atoms with Gasteiger partial charge in [-0.25, -0.2) is 0 Å². The molecule has 5 nitrogen and oxygen atoms in total. The average Bonchev–Trinajstić information content (AvgIpc) is 3.21. The molecule has 2 atom stereocenters. The molecule has 2 aromatic carbocycles. The van der Waals surface area contributed by atoms with Crippen LogP contribution in [-0.4, -0.2) is 16.2 Å². The van der Waals surface area contributed by atoms with Crippen molar-refractivity contribution in [3.8, 4) is 5.75 Å². The Morgan fingerprint density at radius 3 is 2.83 bits per heavy atom. The number of benzene rings is 2. The molecule has 0 bridgehead atoms. The van der Waals surface area contributed by atoms with Gasteiger partial charge in [0.1, 0.15) is 5.75 Å². The minimum atomic E-state index is 0.254. The topological polar surface area (TPSA) is 74.2 Å². The molecule has 3 aromatic rings. The number of hydrogen-bond donors (Lipinski definition) is 1. The summed E-state index contributed by atoms with van der Waals surface area (Å²) in [6, 6.07) is 14.5. The second kappa shape index (κ2) is 6.01. The Bertz CT molecular complexity index is 815. The van der Waals surface area contributed by atoms with Crippen molar-refractivity contribution < 1.29 is 9.26 Å². The zero-order chi connectivity index (χ0) is 15.6. The maximum absolute atomic E-state index is 5.93. The zero-order valence-corrected chi connectivity index (χ0v) is 12.8. The maximum Gasteiger partial charge on any atom is 0.229 e. The maximum atomic E-state index is 5.93. The second-order valence-electron chi connectivity index (χ2n) is 6.12. The number of rotatable bonds is 4. The first-order valence-electron chi connectivity index (χ1n) is 7.97. The first-order valence-corrected chi connectivity index (χ1v) is 7.97. The third kappa shape index (κ3) is 3.05. The zero-order valence-electron chi connectivity index (χ0n) is 12.8. The van der Waals surface area contributed by atoms with Crippen LogP contribution in [0.15, 0.2) is 47.0 Å². The van der Waals surface area contributed by atoms with Crippen molar-refractivity contribution in [2.45, 2.75) is 37.8 Å². The Balaban J connectivity index is 1.43. The van der Waals surface area contributed by atoms with Gasteiger partial charge < -0.3 is 15.0 Å². The molecule has 118 valence electrons. The van der Waals surface area contributed by atoms with E-state index in [9.17, 15) is 0 Å². The van der Waals surface area contributed by atoms with E-state index in [2.05, 4.69) is 22.3 Å². The monoisotopic (exact) mass is 309 g/mol. The molecule has 0 saturated heterocycles. The number of nitrogens with zero attached hydrogens (tertiary/aromatic N) is 2. The van der Waals surface area contributed by atoms with Gasteiger partial charge in [0.25, 0.3) is 0 Å². The summed E-state index contributed by atoms with van der Waals surface area (Å²) in [6.45, 7) is 0.306. The highest BCUT2D eigenvalue weighted by molar-refractivity contribution is 5.83. The van der Waals surface area contributed by atoms with Gasteiger partial charge in [-0.15, -0.1) is 0 Å². The molecule has 0 aliphatic heterocycles. The van der Waals surface area contributed by atoms with Crippen LogP contribution in [-0.2, 0) is 6.61 Å². The van der Waals surface area contributed by atoms with E-state index < -0.39 is 0 Å². The summed E-state index contributed by atoms with van der Waals surface area (Å²) in [7, 11) is 0. The number of nitrogens with two attached hydrogens (primary N) is 1. The van der Waals surface area contributed by atoms with Gasteiger partial charge in [-0.1, -0.05) is 35.5 Å². The molecular weight excluding hydrogens is 290 g/mol. The molecule has 0 unspecified atom stereocenters. The van der Waals surface area contributed by atoms with Crippen LogP contribution in [0.2, 0.25) is 0 Å². The molecule has 2 N–H and O–H groups in total. The summed E-state index contributed by atoms with van der Waals surface area (Å²) >= 11 is 0. The highest BCUT2D eigenvalue weighted by atomic mass is 16.5. The molecule has 5 heteroatoms. The van der Waals surface area contributed by atoms with Crippen molar-refractivity contribution in [1.82, 2.24) is 10.1 Å². The van der Waals surface area contributed by atoms with Crippen LogP contribution in [0.5, 0.6) is 5.75 Å². The predicted molar refractivity (Wildman–Crippen MR) is 87.1 cm³/mol. The van der Waals surface area contributed by atoms with Crippen LogP contribution in [0.25, 0.3) is 10.8 Å². The fourth-order valence-electron chi connectivity index (χ4n) is 3.14. The molecule has 0 amide bonds. The average molecular weight is 309 g/mol. The molecule has 1 aromatic heterocycles. The van der Waals surface area contributed by atoms with Crippen LogP contribution in [0, 0.1) is 0 Å². The van der Waals surface area contributed by atoms with Gasteiger partial charge in [0, 0.05) is 12.0 Å². The van der Waals surface area contributed by atoms with E-state index in [1.54, 1.807) is 0 Å². The SMILES string of the molecule is N[C@@H]1CC[C@H](c2nc(COc3ccc4ccccc4c3)no2)C1. The standard InChI is InChI=1S/C18H19N3O2/c19-15-7-5-14(9-15)18-20-17(21-23-18)11-22-16-8-6-12-3-1-2-4-13(12)10-16/h1-4,6,8,10,14-15H,5,7,9,11,19H2/t14-,15+/m0/s1. The van der Waals surface area contributed by atoms with Gasteiger partial charge in [0.2, 0.25) is 11.7 Å². The summed E-state index contributed by atoms with van der Waals surface area (Å²) in [5.41, 5.74) is 5.93. The van der Waals surface area contributed by atoms with Gasteiger partial charge in [-0.05, 0) is 42.2 Å². The molecule has 1 saturated carbocycles. The van der Waals surface area contributed by atoms with Crippen molar-refractivity contribution >= 4 is 10.8 Å². The minimum Gasteiger partial charge on any atom is -0.485 e. The third-order valence-corrected chi connectivity index (χ3v) is 4.40. The van der Waals surface area contributed by atoms with Gasteiger partial charge >= 0.3 is 0 Å². The van der Waals surface area contributed by atoms with Crippen LogP contribution < -0.4 is 10.5 Å². The summed E-state index contributed by atoms with van der Waals surface area (Å²) in [5, 5.41) is 6.36. The molecule has 1 aliphatic carbocycles. The van der Waals surface area contributed by atoms with E-state index in [0.717, 1.165) is 30.4 Å². The number of ether oxygens (including phenoxy) is 1. The van der Waals surface area contributed by atoms with E-state index in [1.165, 1.54) is 5.39 Å². The minimum absolute atomic E-state index is 0.254. The fraction of sp³-hybridized carbons (Fsp3) is 0.333. The lowest BCUT2D eigenvalue weighted by Gasteiger charge is -2.05. The van der Waals surface area contributed by atoms with Crippen LogP contribution in [0.1, 0.15) is 36.9 Å². The number of aromatic nitrogens is 2. The largest absolute Gasteiger partial charge is 0.485 e. The van der Waals surface area contributed by atoms with Crippen LogP contribution in [0.3, 0.4) is 0 Å². The van der Waals surface area contributed by atoms with Gasteiger partial charge in [-0.2, -0.15) is 4.98 Å². The lowest BCUT2D eigenvalue weighted by Crippen LogP contribution is -2.14. The molecule has 0 spiro atoms. The molecule has 1 heterocycles. The lowest BCUT2D eigenvalue weighted by atomic mass is 10.1. The van der Waals surface area contributed by atoms with Crippen molar-refractivity contribution in [1.29, 1.82) is 0 Å². The second-order valence-corrected chi connectivity index (χ2v) is 6.12. The van der Waals surface area contributed by atoms with E-state index in [1.807, 2.05) is 30.3 Å². The summed E-state index contributed by atoms with van der Waals surface area (Å²) < 4.78 is 11.1. The molecule has 23 heavy (non-hydrogen) atoms. The number of fused-ring (bicyclic) bond motifs is 1. The predicted octanol–water partition coefficient (Wildman–Crippen LogP) is 3.40. The Morgan fingerprint density at radius 2 is 2.00 bits per heavy atom. The Hall–Kier alpha value is -2.40. The van der Waals surface area contributed by atoms with Crippen molar-refractivity contribution in [2.24, 2.45) is 5.73 Å². The lowest BCUT2D eigenvalue weighted by molar-refractivity contribution is 0.284. The Kier molecular flexibility index (Phi) is 3.71. The van der Waals surface area contributed by atoms with Gasteiger partial charge in [0.05, 0.1) is 0 Å². The van der Waals surface area contributed by atoms with Crippen LogP contribution in [0.4, 0.5) is 0 Å². The van der Waals surface area contributed by atoms with Gasteiger partial charge in [-0.3, -0.25) is 0 Å². The van der Waals surface area contributed by atoms with Crippen molar-refractivity contribution in [2.75, 3.05) is 0 Å². The molecule has 0 radical (unpaired) electrons. The molecule has 1 aliphatic rings. The van der Waals surface area contributed by atoms with Crippen molar-refractivity contribution in [3.63, 3.8) is 0 Å². The first-order chi connectivity index (χ1) is 11.3. The molecule has 1 fully saturated rings. The number of hydrogen-bond acceptors (Lipinski definition) is 5. The Morgan fingerprint density at radius 1 is 1.13 bits per heavy atom. The smallest absolute Gasteiger partial charge is 0.229 e. The van der Waals surface area contributed by atoms with E-state index in [-0.39, 0.29) is 6.04 Å². The normalized spacial score (nSPS) is 20.9. The summed E-state index contributed by atoms with van der Waals surface area (Å²) in [5.74, 6) is 2.37. The quantitative estimate of drug-likeness (QED) is 0.799. The highest BCUT2D eigenvalue weighted by Crippen LogP contribution is 2.32.